The maximum Gasteiger partial charge on any atom is 0.341 e. The summed E-state index contributed by atoms with van der Waals surface area (Å²) in [5.74, 6) is -0.439. The van der Waals surface area contributed by atoms with Crippen molar-refractivity contribution >= 4 is 51.1 Å². The number of amides is 1. The summed E-state index contributed by atoms with van der Waals surface area (Å²) in [7, 11) is 1.37. The smallest absolute Gasteiger partial charge is 0.341 e. The second-order valence-electron chi connectivity index (χ2n) is 6.54. The van der Waals surface area contributed by atoms with Gasteiger partial charge in [-0.1, -0.05) is 30.3 Å². The Labute approximate surface area is 170 Å². The van der Waals surface area contributed by atoms with Crippen molar-refractivity contribution in [2.75, 3.05) is 18.2 Å². The van der Waals surface area contributed by atoms with Crippen LogP contribution < -0.4 is 5.32 Å². The van der Waals surface area contributed by atoms with Crippen molar-refractivity contribution in [2.45, 2.75) is 37.3 Å². The van der Waals surface area contributed by atoms with Crippen LogP contribution >= 0.6 is 23.1 Å². The Balaban J connectivity index is 1.48. The zero-order chi connectivity index (χ0) is 19.5. The summed E-state index contributed by atoms with van der Waals surface area (Å²) in [5.41, 5.74) is 3.02. The number of thiophene rings is 1. The van der Waals surface area contributed by atoms with Gasteiger partial charge in [0.1, 0.15) is 10.5 Å². The molecule has 0 spiro atoms. The second-order valence-corrected chi connectivity index (χ2v) is 8.58. The third kappa shape index (κ3) is 3.93. The molecule has 6 nitrogen and oxygen atoms in total. The number of rotatable bonds is 5. The van der Waals surface area contributed by atoms with E-state index in [1.165, 1.54) is 35.1 Å². The van der Waals surface area contributed by atoms with Gasteiger partial charge < -0.3 is 14.5 Å². The molecule has 0 unspecified atom stereocenters. The average molecular weight is 417 g/mol. The predicted molar refractivity (Wildman–Crippen MR) is 110 cm³/mol. The zero-order valence-electron chi connectivity index (χ0n) is 15.4. The molecule has 1 aromatic carbocycles. The van der Waals surface area contributed by atoms with Crippen molar-refractivity contribution < 1.29 is 18.7 Å². The monoisotopic (exact) mass is 416 g/mol. The summed E-state index contributed by atoms with van der Waals surface area (Å²) >= 11 is 2.72. The zero-order valence-corrected chi connectivity index (χ0v) is 17.1. The number of nitrogens with zero attached hydrogens (tertiary/aromatic N) is 1. The Bertz CT molecular complexity index is 992. The van der Waals surface area contributed by atoms with E-state index in [0.29, 0.717) is 21.4 Å². The molecule has 8 heteroatoms. The number of oxazole rings is 1. The maximum atomic E-state index is 12.5. The Kier molecular flexibility index (Phi) is 5.68. The fourth-order valence-electron chi connectivity index (χ4n) is 3.35. The Morgan fingerprint density at radius 3 is 2.89 bits per heavy atom. The molecule has 4 rings (SSSR count). The number of methoxy groups -OCH3 is 1. The number of ether oxygens (including phenoxy) is 1. The molecule has 1 amide bonds. The van der Waals surface area contributed by atoms with Gasteiger partial charge in [0.15, 0.2) is 5.58 Å². The van der Waals surface area contributed by atoms with Crippen molar-refractivity contribution in [2.24, 2.45) is 0 Å². The highest BCUT2D eigenvalue weighted by Crippen LogP contribution is 2.38. The predicted octanol–water partition coefficient (Wildman–Crippen LogP) is 4.68. The van der Waals surface area contributed by atoms with Crippen molar-refractivity contribution in [3.8, 4) is 0 Å². The number of aryl methyl sites for hydroxylation is 1. The first-order valence-corrected chi connectivity index (χ1v) is 11.0. The molecule has 2 heterocycles. The number of fused-ring (bicyclic) bond motifs is 2. The second kappa shape index (κ2) is 8.36. The SMILES string of the molecule is COC(=O)c1c(NC(=O)CSc2nc3ccccc3o2)sc2c1CCCCC2. The van der Waals surface area contributed by atoms with Gasteiger partial charge >= 0.3 is 5.97 Å². The highest BCUT2D eigenvalue weighted by atomic mass is 32.2. The third-order valence-corrected chi connectivity index (χ3v) is 6.70. The number of hydrogen-bond acceptors (Lipinski definition) is 7. The lowest BCUT2D eigenvalue weighted by atomic mass is 10.1. The largest absolute Gasteiger partial charge is 0.465 e. The first kappa shape index (κ1) is 19.0. The molecule has 146 valence electrons. The molecule has 1 aliphatic carbocycles. The molecule has 0 fully saturated rings. The van der Waals surface area contributed by atoms with Crippen molar-refractivity contribution in [3.05, 3.63) is 40.3 Å². The first-order valence-electron chi connectivity index (χ1n) is 9.17. The number of aromatic nitrogens is 1. The van der Waals surface area contributed by atoms with Crippen LogP contribution in [0.1, 0.15) is 40.1 Å². The van der Waals surface area contributed by atoms with Crippen LogP contribution in [0.25, 0.3) is 11.1 Å². The normalized spacial score (nSPS) is 13.8. The quantitative estimate of drug-likeness (QED) is 0.370. The lowest BCUT2D eigenvalue weighted by Crippen LogP contribution is -2.16. The minimum atomic E-state index is -0.388. The van der Waals surface area contributed by atoms with Gasteiger partial charge in [-0.25, -0.2) is 9.78 Å². The van der Waals surface area contributed by atoms with Crippen LogP contribution in [0.5, 0.6) is 0 Å². The molecular formula is C20H20N2O4S2. The van der Waals surface area contributed by atoms with Gasteiger partial charge in [0.05, 0.1) is 18.4 Å². The number of benzene rings is 1. The van der Waals surface area contributed by atoms with E-state index in [1.807, 2.05) is 24.3 Å². The number of carbonyl (C=O) groups is 2. The van der Waals surface area contributed by atoms with Crippen LogP contribution in [0.15, 0.2) is 33.9 Å². The fraction of sp³-hybridized carbons (Fsp3) is 0.350. The average Bonchev–Trinajstić information content (AvgIpc) is 3.19. The van der Waals surface area contributed by atoms with E-state index in [2.05, 4.69) is 10.3 Å². The van der Waals surface area contributed by atoms with Crippen LogP contribution in [0, 0.1) is 0 Å². The molecule has 0 bridgehead atoms. The lowest BCUT2D eigenvalue weighted by Gasteiger charge is -2.07. The van der Waals surface area contributed by atoms with Gasteiger partial charge in [0.25, 0.3) is 5.22 Å². The van der Waals surface area contributed by atoms with E-state index in [0.717, 1.165) is 43.2 Å². The summed E-state index contributed by atoms with van der Waals surface area (Å²) in [5, 5.41) is 3.93. The minimum absolute atomic E-state index is 0.149. The highest BCUT2D eigenvalue weighted by Gasteiger charge is 2.26. The van der Waals surface area contributed by atoms with E-state index in [-0.39, 0.29) is 17.6 Å². The van der Waals surface area contributed by atoms with E-state index in [9.17, 15) is 9.59 Å². The molecule has 0 saturated heterocycles. The molecule has 0 saturated carbocycles. The fourth-order valence-corrected chi connectivity index (χ4v) is 5.28. The summed E-state index contributed by atoms with van der Waals surface area (Å²) in [6, 6.07) is 7.48. The molecule has 1 aliphatic rings. The number of nitrogens with one attached hydrogen (secondary N) is 1. The van der Waals surface area contributed by atoms with Crippen LogP contribution in [0.3, 0.4) is 0 Å². The van der Waals surface area contributed by atoms with Crippen LogP contribution in [0.4, 0.5) is 5.00 Å². The Morgan fingerprint density at radius 1 is 1.25 bits per heavy atom. The van der Waals surface area contributed by atoms with E-state index >= 15 is 0 Å². The summed E-state index contributed by atoms with van der Waals surface area (Å²) in [6.45, 7) is 0. The summed E-state index contributed by atoms with van der Waals surface area (Å²) in [6.07, 6.45) is 5.11. The van der Waals surface area contributed by atoms with Gasteiger partial charge in [-0.15, -0.1) is 11.3 Å². The molecule has 0 atom stereocenters. The molecule has 2 aromatic heterocycles. The standard InChI is InChI=1S/C20H20N2O4S2/c1-25-19(24)17-12-7-3-2-4-10-15(12)28-18(17)22-16(23)11-27-20-21-13-8-5-6-9-14(13)26-20/h5-6,8-9H,2-4,7,10-11H2,1H3,(H,22,23). The minimum Gasteiger partial charge on any atom is -0.465 e. The number of hydrogen-bond donors (Lipinski definition) is 1. The maximum absolute atomic E-state index is 12.5. The van der Waals surface area contributed by atoms with Crippen molar-refractivity contribution in [1.82, 2.24) is 4.98 Å². The summed E-state index contributed by atoms with van der Waals surface area (Å²) in [4.78, 5) is 30.4. The van der Waals surface area contributed by atoms with Gasteiger partial charge in [-0.05, 0) is 43.4 Å². The number of para-hydroxylation sites is 2. The number of anilines is 1. The highest BCUT2D eigenvalue weighted by molar-refractivity contribution is 7.99. The molecular weight excluding hydrogens is 396 g/mol. The molecule has 3 aromatic rings. The number of thioether (sulfide) groups is 1. The van der Waals surface area contributed by atoms with Crippen molar-refractivity contribution in [1.29, 1.82) is 0 Å². The van der Waals surface area contributed by atoms with E-state index in [4.69, 9.17) is 9.15 Å². The molecule has 28 heavy (non-hydrogen) atoms. The van der Waals surface area contributed by atoms with Crippen LogP contribution in [0.2, 0.25) is 0 Å². The Morgan fingerprint density at radius 2 is 2.07 bits per heavy atom. The van der Waals surface area contributed by atoms with Gasteiger partial charge in [-0.3, -0.25) is 4.79 Å². The summed E-state index contributed by atoms with van der Waals surface area (Å²) < 4.78 is 10.6. The lowest BCUT2D eigenvalue weighted by molar-refractivity contribution is -0.113. The van der Waals surface area contributed by atoms with Crippen LogP contribution in [-0.4, -0.2) is 29.7 Å². The first-order chi connectivity index (χ1) is 13.7. The number of carbonyl (C=O) groups excluding carboxylic acids is 2. The molecule has 0 radical (unpaired) electrons. The molecule has 0 aliphatic heterocycles. The van der Waals surface area contributed by atoms with Gasteiger partial charge in [-0.2, -0.15) is 0 Å². The number of esters is 1. The topological polar surface area (TPSA) is 81.4 Å². The third-order valence-electron chi connectivity index (χ3n) is 4.66. The van der Waals surface area contributed by atoms with Gasteiger partial charge in [0, 0.05) is 4.88 Å². The van der Waals surface area contributed by atoms with E-state index in [1.54, 1.807) is 0 Å². The van der Waals surface area contributed by atoms with Crippen LogP contribution in [-0.2, 0) is 22.4 Å². The molecule has 1 N–H and O–H groups in total. The van der Waals surface area contributed by atoms with Crippen molar-refractivity contribution in [3.63, 3.8) is 0 Å². The van der Waals surface area contributed by atoms with Gasteiger partial charge in [0.2, 0.25) is 5.91 Å². The Hall–Kier alpha value is -2.32. The van der Waals surface area contributed by atoms with E-state index < -0.39 is 0 Å².